The van der Waals surface area contributed by atoms with Gasteiger partial charge in [0.25, 0.3) is 0 Å². The summed E-state index contributed by atoms with van der Waals surface area (Å²) in [7, 11) is 0. The first-order chi connectivity index (χ1) is 7.16. The van der Waals surface area contributed by atoms with Gasteiger partial charge in [-0.25, -0.2) is 4.79 Å². The molecule has 1 saturated heterocycles. The number of rotatable bonds is 3. The third-order valence-electron chi connectivity index (χ3n) is 2.27. The van der Waals surface area contributed by atoms with Crippen LogP contribution in [0.25, 0.3) is 0 Å². The average Bonchev–Trinajstić information content (AvgIpc) is 2.11. The molecular weight excluding hydrogens is 212 g/mol. The number of thioether (sulfide) groups is 1. The van der Waals surface area contributed by atoms with Gasteiger partial charge >= 0.3 is 5.97 Å². The summed E-state index contributed by atoms with van der Waals surface area (Å²) in [6.07, 6.45) is 0. The van der Waals surface area contributed by atoms with Crippen molar-refractivity contribution < 1.29 is 14.6 Å². The molecule has 1 fully saturated rings. The van der Waals surface area contributed by atoms with Gasteiger partial charge in [-0.15, -0.1) is 11.8 Å². The third-order valence-corrected chi connectivity index (χ3v) is 3.47. The molecule has 0 saturated carbocycles. The second-order valence-corrected chi connectivity index (χ2v) is 4.92. The maximum atomic E-state index is 11.0. The Morgan fingerprint density at radius 3 is 2.80 bits per heavy atom. The summed E-state index contributed by atoms with van der Waals surface area (Å²) in [5.74, 6) is -0.863. The second-order valence-electron chi connectivity index (χ2n) is 3.58. The van der Waals surface area contributed by atoms with Crippen molar-refractivity contribution >= 4 is 17.7 Å². The number of hydrogen-bond donors (Lipinski definition) is 1. The van der Waals surface area contributed by atoms with Crippen LogP contribution in [0.4, 0.5) is 0 Å². The summed E-state index contributed by atoms with van der Waals surface area (Å²) < 4.78 is 5.07. The van der Waals surface area contributed by atoms with Gasteiger partial charge in [0.2, 0.25) is 0 Å². The summed E-state index contributed by atoms with van der Waals surface area (Å²) >= 11 is 1.59. The predicted octanol–water partition coefficient (Wildman–Crippen LogP) is 2.18. The van der Waals surface area contributed by atoms with Crippen LogP contribution in [-0.2, 0) is 4.74 Å². The largest absolute Gasteiger partial charge is 0.478 e. The van der Waals surface area contributed by atoms with E-state index in [0.717, 1.165) is 23.7 Å². The number of benzene rings is 1. The van der Waals surface area contributed by atoms with Crippen LogP contribution in [-0.4, -0.2) is 29.5 Å². The molecule has 2 rings (SSSR count). The number of ether oxygens (including phenoxy) is 1. The molecule has 1 aromatic carbocycles. The van der Waals surface area contributed by atoms with Gasteiger partial charge in [0, 0.05) is 4.90 Å². The predicted molar refractivity (Wildman–Crippen MR) is 58.6 cm³/mol. The minimum absolute atomic E-state index is 0.387. The van der Waals surface area contributed by atoms with Crippen molar-refractivity contribution in [2.24, 2.45) is 0 Å². The number of hydrogen-bond acceptors (Lipinski definition) is 3. The smallest absolute Gasteiger partial charge is 0.336 e. The molecule has 0 aliphatic carbocycles. The topological polar surface area (TPSA) is 46.5 Å². The van der Waals surface area contributed by atoms with Gasteiger partial charge in [-0.2, -0.15) is 0 Å². The molecule has 1 heterocycles. The van der Waals surface area contributed by atoms with Crippen molar-refractivity contribution in [1.82, 2.24) is 0 Å². The summed E-state index contributed by atoms with van der Waals surface area (Å²) in [6.45, 7) is 3.41. The van der Waals surface area contributed by atoms with E-state index < -0.39 is 5.97 Å². The fraction of sp³-hybridized carbons (Fsp3) is 0.364. The zero-order valence-electron chi connectivity index (χ0n) is 8.40. The Morgan fingerprint density at radius 2 is 2.27 bits per heavy atom. The highest BCUT2D eigenvalue weighted by atomic mass is 32.2. The molecule has 0 unspecified atom stereocenters. The summed E-state index contributed by atoms with van der Waals surface area (Å²) in [4.78, 5) is 11.8. The number of aryl methyl sites for hydroxylation is 1. The highest BCUT2D eigenvalue weighted by Gasteiger charge is 2.22. The number of carboxylic acid groups (broad SMARTS) is 1. The van der Waals surface area contributed by atoms with Crippen LogP contribution in [0.2, 0.25) is 0 Å². The molecule has 0 bridgehead atoms. The van der Waals surface area contributed by atoms with Gasteiger partial charge in [0.1, 0.15) is 0 Å². The molecule has 1 aromatic rings. The van der Waals surface area contributed by atoms with Gasteiger partial charge < -0.3 is 9.84 Å². The maximum absolute atomic E-state index is 11.0. The van der Waals surface area contributed by atoms with Crippen LogP contribution < -0.4 is 0 Å². The number of carboxylic acids is 1. The first kappa shape index (κ1) is 10.5. The zero-order chi connectivity index (χ0) is 10.8. The van der Waals surface area contributed by atoms with Gasteiger partial charge in [0.05, 0.1) is 24.0 Å². The van der Waals surface area contributed by atoms with Crippen molar-refractivity contribution in [3.05, 3.63) is 29.3 Å². The van der Waals surface area contributed by atoms with Crippen LogP contribution in [0.3, 0.4) is 0 Å². The molecule has 80 valence electrons. The minimum atomic E-state index is -0.863. The first-order valence-corrected chi connectivity index (χ1v) is 5.63. The van der Waals surface area contributed by atoms with Crippen molar-refractivity contribution in [2.45, 2.75) is 17.1 Å². The van der Waals surface area contributed by atoms with Crippen LogP contribution in [0.15, 0.2) is 23.1 Å². The number of carbonyl (C=O) groups is 1. The maximum Gasteiger partial charge on any atom is 0.336 e. The normalized spacial score (nSPS) is 16.1. The van der Waals surface area contributed by atoms with E-state index in [2.05, 4.69) is 0 Å². The molecule has 0 radical (unpaired) electrons. The molecule has 0 amide bonds. The van der Waals surface area contributed by atoms with Crippen molar-refractivity contribution in [3.8, 4) is 0 Å². The molecule has 1 N–H and O–H groups in total. The monoisotopic (exact) mass is 224 g/mol. The fourth-order valence-electron chi connectivity index (χ4n) is 1.37. The Labute approximate surface area is 92.4 Å². The van der Waals surface area contributed by atoms with E-state index in [1.165, 1.54) is 0 Å². The van der Waals surface area contributed by atoms with Crippen LogP contribution in [0.5, 0.6) is 0 Å². The van der Waals surface area contributed by atoms with Crippen LogP contribution in [0, 0.1) is 6.92 Å². The highest BCUT2D eigenvalue weighted by Crippen LogP contribution is 2.31. The zero-order valence-corrected chi connectivity index (χ0v) is 9.21. The Hall–Kier alpha value is -1.00. The average molecular weight is 224 g/mol. The Bertz CT molecular complexity index is 385. The molecule has 15 heavy (non-hydrogen) atoms. The van der Waals surface area contributed by atoms with Gasteiger partial charge in [0.15, 0.2) is 0 Å². The number of aromatic carboxylic acids is 1. The lowest BCUT2D eigenvalue weighted by Gasteiger charge is -2.25. The minimum Gasteiger partial charge on any atom is -0.478 e. The fourth-order valence-corrected chi connectivity index (χ4v) is 2.59. The molecule has 0 aromatic heterocycles. The van der Waals surface area contributed by atoms with Gasteiger partial charge in [-0.05, 0) is 24.6 Å². The second kappa shape index (κ2) is 4.24. The molecule has 3 nitrogen and oxygen atoms in total. The summed E-state index contributed by atoms with van der Waals surface area (Å²) in [6, 6.07) is 5.41. The van der Waals surface area contributed by atoms with Crippen molar-refractivity contribution in [1.29, 1.82) is 0 Å². The summed E-state index contributed by atoms with van der Waals surface area (Å²) in [5, 5.41) is 9.42. The lowest BCUT2D eigenvalue weighted by atomic mass is 10.1. The van der Waals surface area contributed by atoms with Crippen LogP contribution >= 0.6 is 11.8 Å². The Morgan fingerprint density at radius 1 is 1.53 bits per heavy atom. The lowest BCUT2D eigenvalue weighted by molar-refractivity contribution is 0.0454. The van der Waals surface area contributed by atoms with Crippen LogP contribution in [0.1, 0.15) is 15.9 Å². The van der Waals surface area contributed by atoms with E-state index in [9.17, 15) is 4.79 Å². The Kier molecular flexibility index (Phi) is 2.98. The summed E-state index contributed by atoms with van der Waals surface area (Å²) in [5.41, 5.74) is 1.47. The molecule has 1 aliphatic heterocycles. The quantitative estimate of drug-likeness (QED) is 0.854. The lowest BCUT2D eigenvalue weighted by Crippen LogP contribution is -2.30. The van der Waals surface area contributed by atoms with Crippen molar-refractivity contribution in [3.63, 3.8) is 0 Å². The van der Waals surface area contributed by atoms with E-state index in [0.29, 0.717) is 10.8 Å². The molecule has 0 spiro atoms. The standard InChI is InChI=1S/C11H12O3S/c1-7-2-3-9(11(12)13)10(4-7)15-8-5-14-6-8/h2-4,8H,5-6H2,1H3,(H,12,13). The van der Waals surface area contributed by atoms with Crippen molar-refractivity contribution in [2.75, 3.05) is 13.2 Å². The van der Waals surface area contributed by atoms with E-state index in [-0.39, 0.29) is 0 Å². The van der Waals surface area contributed by atoms with E-state index in [4.69, 9.17) is 9.84 Å². The SMILES string of the molecule is Cc1ccc(C(=O)O)c(SC2COC2)c1. The van der Waals surface area contributed by atoms with Gasteiger partial charge in [-0.3, -0.25) is 0 Å². The van der Waals surface area contributed by atoms with E-state index >= 15 is 0 Å². The molecule has 4 heteroatoms. The molecule has 0 atom stereocenters. The first-order valence-electron chi connectivity index (χ1n) is 4.75. The third kappa shape index (κ3) is 2.33. The Balaban J connectivity index is 2.24. The van der Waals surface area contributed by atoms with E-state index in [1.807, 2.05) is 19.1 Å². The molecule has 1 aliphatic rings. The molecular formula is C11H12O3S. The van der Waals surface area contributed by atoms with E-state index in [1.54, 1.807) is 17.8 Å². The highest BCUT2D eigenvalue weighted by molar-refractivity contribution is 8.00. The van der Waals surface area contributed by atoms with Gasteiger partial charge in [-0.1, -0.05) is 6.07 Å².